The summed E-state index contributed by atoms with van der Waals surface area (Å²) in [6, 6.07) is 7.59. The molecule has 0 radical (unpaired) electrons. The molecule has 1 heterocycles. The monoisotopic (exact) mass is 305 g/mol. The Bertz CT molecular complexity index is 511. The van der Waals surface area contributed by atoms with Crippen molar-refractivity contribution in [2.75, 3.05) is 26.2 Å². The van der Waals surface area contributed by atoms with Crippen molar-refractivity contribution in [1.82, 2.24) is 4.90 Å². The Morgan fingerprint density at radius 1 is 1.09 bits per heavy atom. The lowest BCUT2D eigenvalue weighted by atomic mass is 10.2. The topological polar surface area (TPSA) is 55.8 Å². The van der Waals surface area contributed by atoms with E-state index >= 15 is 0 Å². The number of carbonyl (C=O) groups is 2. The highest BCUT2D eigenvalue weighted by Crippen LogP contribution is 2.31. The van der Waals surface area contributed by atoms with Crippen LogP contribution in [0.15, 0.2) is 24.3 Å². The maximum atomic E-state index is 11.2. The number of fused-ring (bicyclic) bond motifs is 1. The summed E-state index contributed by atoms with van der Waals surface area (Å²) in [7, 11) is 0. The summed E-state index contributed by atoms with van der Waals surface area (Å²) in [5.41, 5.74) is 0. The van der Waals surface area contributed by atoms with E-state index in [0.717, 1.165) is 11.5 Å². The molecule has 1 atom stereocenters. The standard InChI is InChI=1S/C17H23NO4/c1-13(19)7-9-18(10-8-14(2)20)11-15-12-21-16-5-3-4-6-17(16)22-15/h3-6,15H,7-12H2,1-2H3/t15-/m0/s1. The lowest BCUT2D eigenvalue weighted by Crippen LogP contribution is -2.42. The maximum absolute atomic E-state index is 11.2. The molecule has 0 bridgehead atoms. The number of carbonyl (C=O) groups excluding carboxylic acids is 2. The summed E-state index contributed by atoms with van der Waals surface area (Å²) >= 11 is 0. The lowest BCUT2D eigenvalue weighted by molar-refractivity contribution is -0.117. The molecule has 1 aromatic carbocycles. The van der Waals surface area contributed by atoms with Crippen LogP contribution in [0.1, 0.15) is 26.7 Å². The molecule has 0 saturated heterocycles. The summed E-state index contributed by atoms with van der Waals surface area (Å²) in [5, 5.41) is 0. The van der Waals surface area contributed by atoms with Crippen LogP contribution < -0.4 is 9.47 Å². The summed E-state index contributed by atoms with van der Waals surface area (Å²) in [6.07, 6.45) is 0.887. The lowest BCUT2D eigenvalue weighted by Gasteiger charge is -2.31. The molecule has 0 N–H and O–H groups in total. The van der Waals surface area contributed by atoms with E-state index in [-0.39, 0.29) is 17.7 Å². The summed E-state index contributed by atoms with van der Waals surface area (Å²) in [4.78, 5) is 24.5. The van der Waals surface area contributed by atoms with Gasteiger partial charge in [0.25, 0.3) is 0 Å². The van der Waals surface area contributed by atoms with E-state index in [1.165, 1.54) is 0 Å². The van der Waals surface area contributed by atoms with E-state index in [9.17, 15) is 9.59 Å². The zero-order valence-electron chi connectivity index (χ0n) is 13.2. The van der Waals surface area contributed by atoms with E-state index < -0.39 is 0 Å². The van der Waals surface area contributed by atoms with Gasteiger partial charge in [0, 0.05) is 32.5 Å². The van der Waals surface area contributed by atoms with Crippen molar-refractivity contribution in [2.45, 2.75) is 32.8 Å². The Morgan fingerprint density at radius 2 is 1.68 bits per heavy atom. The zero-order valence-corrected chi connectivity index (χ0v) is 13.2. The summed E-state index contributed by atoms with van der Waals surface area (Å²) in [6.45, 7) is 5.58. The van der Waals surface area contributed by atoms with Gasteiger partial charge in [0.2, 0.25) is 0 Å². The molecular weight excluding hydrogens is 282 g/mol. The molecule has 1 aliphatic heterocycles. The fourth-order valence-corrected chi connectivity index (χ4v) is 2.37. The molecular formula is C17H23NO4. The first-order chi connectivity index (χ1) is 10.5. The molecule has 0 spiro atoms. The third-order valence-electron chi connectivity index (χ3n) is 3.59. The third kappa shape index (κ3) is 5.15. The van der Waals surface area contributed by atoms with Crippen LogP contribution in [0.4, 0.5) is 0 Å². The number of ether oxygens (including phenoxy) is 2. The summed E-state index contributed by atoms with van der Waals surface area (Å²) < 4.78 is 11.6. The van der Waals surface area contributed by atoms with Gasteiger partial charge in [-0.1, -0.05) is 12.1 Å². The fourth-order valence-electron chi connectivity index (χ4n) is 2.37. The van der Waals surface area contributed by atoms with Crippen molar-refractivity contribution in [3.8, 4) is 11.5 Å². The predicted octanol–water partition coefficient (Wildman–Crippen LogP) is 2.09. The van der Waals surface area contributed by atoms with Gasteiger partial charge in [0.05, 0.1) is 0 Å². The number of hydrogen-bond acceptors (Lipinski definition) is 5. The van der Waals surface area contributed by atoms with Crippen molar-refractivity contribution >= 4 is 11.6 Å². The van der Waals surface area contributed by atoms with E-state index in [0.29, 0.717) is 39.1 Å². The Kier molecular flexibility index (Phi) is 5.95. The quantitative estimate of drug-likeness (QED) is 0.736. The van der Waals surface area contributed by atoms with E-state index in [2.05, 4.69) is 4.90 Å². The van der Waals surface area contributed by atoms with E-state index in [1.54, 1.807) is 13.8 Å². The van der Waals surface area contributed by atoms with Gasteiger partial charge < -0.3 is 9.47 Å². The highest BCUT2D eigenvalue weighted by atomic mass is 16.6. The van der Waals surface area contributed by atoms with Crippen LogP contribution in [0, 0.1) is 0 Å². The number of Topliss-reactive ketones (excluding diaryl/α,β-unsaturated/α-hetero) is 2. The first kappa shape index (κ1) is 16.5. The second-order valence-electron chi connectivity index (χ2n) is 5.70. The highest BCUT2D eigenvalue weighted by molar-refractivity contribution is 5.76. The molecule has 2 rings (SSSR count). The van der Waals surface area contributed by atoms with Gasteiger partial charge >= 0.3 is 0 Å². The third-order valence-corrected chi connectivity index (χ3v) is 3.59. The first-order valence-corrected chi connectivity index (χ1v) is 7.64. The fraction of sp³-hybridized carbons (Fsp3) is 0.529. The summed E-state index contributed by atoms with van der Waals surface area (Å²) in [5.74, 6) is 1.81. The SMILES string of the molecule is CC(=O)CCN(CCC(C)=O)C[C@H]1COc2ccccc2O1. The van der Waals surface area contributed by atoms with Crippen LogP contribution in [-0.4, -0.2) is 48.8 Å². The second kappa shape index (κ2) is 7.94. The molecule has 1 aromatic rings. The second-order valence-corrected chi connectivity index (χ2v) is 5.70. The number of rotatable bonds is 8. The minimum atomic E-state index is -0.0891. The average molecular weight is 305 g/mol. The Morgan fingerprint density at radius 3 is 2.27 bits per heavy atom. The van der Waals surface area contributed by atoms with Crippen molar-refractivity contribution in [3.63, 3.8) is 0 Å². The molecule has 0 fully saturated rings. The van der Waals surface area contributed by atoms with Crippen molar-refractivity contribution in [1.29, 1.82) is 0 Å². The molecule has 0 aromatic heterocycles. The zero-order chi connectivity index (χ0) is 15.9. The van der Waals surface area contributed by atoms with Crippen LogP contribution in [0.2, 0.25) is 0 Å². The van der Waals surface area contributed by atoms with Gasteiger partial charge in [-0.05, 0) is 26.0 Å². The minimum absolute atomic E-state index is 0.0891. The molecule has 120 valence electrons. The Labute approximate surface area is 131 Å². The maximum Gasteiger partial charge on any atom is 0.161 e. The van der Waals surface area contributed by atoms with Crippen LogP contribution in [0.25, 0.3) is 0 Å². The van der Waals surface area contributed by atoms with E-state index in [4.69, 9.17) is 9.47 Å². The molecule has 22 heavy (non-hydrogen) atoms. The van der Waals surface area contributed by atoms with E-state index in [1.807, 2.05) is 24.3 Å². The molecule has 1 aliphatic rings. The molecule has 0 unspecified atom stereocenters. The molecule has 0 saturated carbocycles. The van der Waals surface area contributed by atoms with Crippen LogP contribution in [0.3, 0.4) is 0 Å². The van der Waals surface area contributed by atoms with Crippen molar-refractivity contribution in [3.05, 3.63) is 24.3 Å². The van der Waals surface area contributed by atoms with Crippen LogP contribution in [0.5, 0.6) is 11.5 Å². The number of para-hydroxylation sites is 2. The number of nitrogens with zero attached hydrogens (tertiary/aromatic N) is 1. The smallest absolute Gasteiger partial charge is 0.161 e. The number of ketones is 2. The van der Waals surface area contributed by atoms with Crippen LogP contribution >= 0.6 is 0 Å². The van der Waals surface area contributed by atoms with Gasteiger partial charge in [-0.25, -0.2) is 0 Å². The molecule has 5 nitrogen and oxygen atoms in total. The predicted molar refractivity (Wildman–Crippen MR) is 83.4 cm³/mol. The van der Waals surface area contributed by atoms with Crippen molar-refractivity contribution in [2.24, 2.45) is 0 Å². The molecule has 0 amide bonds. The molecule has 0 aliphatic carbocycles. The first-order valence-electron chi connectivity index (χ1n) is 7.64. The van der Waals surface area contributed by atoms with Gasteiger partial charge in [-0.2, -0.15) is 0 Å². The Hall–Kier alpha value is -1.88. The van der Waals surface area contributed by atoms with Crippen LogP contribution in [-0.2, 0) is 9.59 Å². The Balaban J connectivity index is 1.91. The minimum Gasteiger partial charge on any atom is -0.486 e. The number of benzene rings is 1. The average Bonchev–Trinajstić information content (AvgIpc) is 2.49. The normalized spacial score (nSPS) is 16.6. The number of hydrogen-bond donors (Lipinski definition) is 0. The molecule has 5 heteroatoms. The largest absolute Gasteiger partial charge is 0.486 e. The van der Waals surface area contributed by atoms with Gasteiger partial charge in [0.15, 0.2) is 11.5 Å². The highest BCUT2D eigenvalue weighted by Gasteiger charge is 2.23. The van der Waals surface area contributed by atoms with Gasteiger partial charge in [-0.15, -0.1) is 0 Å². The van der Waals surface area contributed by atoms with Gasteiger partial charge in [-0.3, -0.25) is 14.5 Å². The van der Waals surface area contributed by atoms with Crippen molar-refractivity contribution < 1.29 is 19.1 Å². The van der Waals surface area contributed by atoms with Gasteiger partial charge in [0.1, 0.15) is 24.3 Å².